The molecule has 2 aromatic carbocycles. The van der Waals surface area contributed by atoms with Crippen LogP contribution >= 0.6 is 23.4 Å². The van der Waals surface area contributed by atoms with Gasteiger partial charge >= 0.3 is 0 Å². The minimum Gasteiger partial charge on any atom is -0.325 e. The first kappa shape index (κ1) is 22.0. The van der Waals surface area contributed by atoms with E-state index in [0.717, 1.165) is 16.8 Å². The van der Waals surface area contributed by atoms with Gasteiger partial charge < -0.3 is 5.32 Å². The monoisotopic (exact) mass is 463 g/mol. The van der Waals surface area contributed by atoms with E-state index >= 15 is 0 Å². The summed E-state index contributed by atoms with van der Waals surface area (Å²) in [5.74, 6) is 0.740. The molecule has 32 heavy (non-hydrogen) atoms. The molecule has 6 nitrogen and oxygen atoms in total. The molecule has 162 valence electrons. The van der Waals surface area contributed by atoms with Crippen LogP contribution in [0.5, 0.6) is 0 Å². The van der Waals surface area contributed by atoms with E-state index in [2.05, 4.69) is 46.5 Å². The minimum absolute atomic E-state index is 0.144. The predicted octanol–water partition coefficient (Wildman–Crippen LogP) is 5.64. The number of nitrogens with zero attached hydrogens (tertiary/aromatic N) is 4. The molecule has 0 aliphatic heterocycles. The average molecular weight is 464 g/mol. The summed E-state index contributed by atoms with van der Waals surface area (Å²) in [5, 5.41) is 12.9. The summed E-state index contributed by atoms with van der Waals surface area (Å²) >= 11 is 7.49. The van der Waals surface area contributed by atoms with Gasteiger partial charge in [0.25, 0.3) is 0 Å². The van der Waals surface area contributed by atoms with Gasteiger partial charge in [0.15, 0.2) is 11.0 Å². The maximum atomic E-state index is 12.6. The average Bonchev–Trinajstić information content (AvgIpc) is 3.21. The fourth-order valence-corrected chi connectivity index (χ4v) is 4.08. The highest BCUT2D eigenvalue weighted by Gasteiger charge is 2.18. The van der Waals surface area contributed by atoms with Crippen molar-refractivity contribution < 1.29 is 4.79 Å². The number of hydrogen-bond donors (Lipinski definition) is 1. The Morgan fingerprint density at radius 1 is 0.969 bits per heavy atom. The maximum Gasteiger partial charge on any atom is 0.234 e. The third-order valence-corrected chi connectivity index (χ3v) is 6.44. The SMILES string of the molecule is Cc1ccc(-n2c(SCC(=O)Nc3ccc(C)c(Cl)c3)nnc2-c2ccncc2)cc1C. The first-order valence-electron chi connectivity index (χ1n) is 10.0. The highest BCUT2D eigenvalue weighted by molar-refractivity contribution is 7.99. The topological polar surface area (TPSA) is 72.7 Å². The van der Waals surface area contributed by atoms with Crippen LogP contribution in [-0.2, 0) is 4.79 Å². The van der Waals surface area contributed by atoms with Crippen LogP contribution in [0.25, 0.3) is 17.1 Å². The molecule has 0 saturated carbocycles. The summed E-state index contributed by atoms with van der Waals surface area (Å²) in [6.07, 6.45) is 3.45. The lowest BCUT2D eigenvalue weighted by Crippen LogP contribution is -2.14. The van der Waals surface area contributed by atoms with Crippen LogP contribution in [-0.4, -0.2) is 31.4 Å². The number of pyridine rings is 1. The van der Waals surface area contributed by atoms with Gasteiger partial charge in [-0.15, -0.1) is 10.2 Å². The number of rotatable bonds is 6. The molecule has 2 aromatic heterocycles. The standard InChI is InChI=1S/C24H22ClN5OS/c1-15-5-7-20(12-17(15)3)30-23(18-8-10-26-11-9-18)28-29-24(30)32-14-22(31)27-19-6-4-16(2)21(25)13-19/h4-13H,14H2,1-3H3,(H,27,31). The summed E-state index contributed by atoms with van der Waals surface area (Å²) in [6, 6.07) is 15.5. The van der Waals surface area contributed by atoms with Crippen molar-refractivity contribution in [3.8, 4) is 17.1 Å². The van der Waals surface area contributed by atoms with Crippen molar-refractivity contribution in [1.82, 2.24) is 19.7 Å². The quantitative estimate of drug-likeness (QED) is 0.374. The fourth-order valence-electron chi connectivity index (χ4n) is 3.15. The van der Waals surface area contributed by atoms with Crippen LogP contribution in [0.2, 0.25) is 5.02 Å². The number of carbonyl (C=O) groups is 1. The van der Waals surface area contributed by atoms with Gasteiger partial charge in [-0.05, 0) is 73.9 Å². The van der Waals surface area contributed by atoms with Crippen molar-refractivity contribution in [3.63, 3.8) is 0 Å². The molecule has 1 amide bonds. The normalized spacial score (nSPS) is 10.9. The zero-order chi connectivity index (χ0) is 22.7. The van der Waals surface area contributed by atoms with Gasteiger partial charge in [0, 0.05) is 28.7 Å². The Balaban J connectivity index is 1.60. The number of benzene rings is 2. The Kier molecular flexibility index (Phi) is 6.58. The first-order chi connectivity index (χ1) is 15.4. The molecule has 0 aliphatic carbocycles. The van der Waals surface area contributed by atoms with Gasteiger partial charge in [0.05, 0.1) is 11.4 Å². The van der Waals surface area contributed by atoms with Crippen LogP contribution in [0, 0.1) is 20.8 Å². The Morgan fingerprint density at radius 2 is 1.72 bits per heavy atom. The number of aryl methyl sites for hydroxylation is 3. The van der Waals surface area contributed by atoms with E-state index in [1.165, 1.54) is 22.9 Å². The number of carbonyl (C=O) groups excluding carboxylic acids is 1. The molecule has 4 aromatic rings. The molecule has 0 fully saturated rings. The Morgan fingerprint density at radius 3 is 2.44 bits per heavy atom. The molecule has 2 heterocycles. The number of anilines is 1. The van der Waals surface area contributed by atoms with Gasteiger partial charge in [-0.25, -0.2) is 0 Å². The molecule has 0 spiro atoms. The van der Waals surface area contributed by atoms with E-state index in [1.807, 2.05) is 41.8 Å². The molecule has 0 atom stereocenters. The fraction of sp³-hybridized carbons (Fsp3) is 0.167. The van der Waals surface area contributed by atoms with Crippen LogP contribution in [0.4, 0.5) is 5.69 Å². The van der Waals surface area contributed by atoms with E-state index in [0.29, 0.717) is 21.7 Å². The summed E-state index contributed by atoms with van der Waals surface area (Å²) in [5.41, 5.74) is 5.84. The van der Waals surface area contributed by atoms with Gasteiger partial charge in [-0.3, -0.25) is 14.3 Å². The zero-order valence-electron chi connectivity index (χ0n) is 18.0. The van der Waals surface area contributed by atoms with Gasteiger partial charge in [-0.1, -0.05) is 35.5 Å². The molecule has 1 N–H and O–H groups in total. The predicted molar refractivity (Wildman–Crippen MR) is 130 cm³/mol. The highest BCUT2D eigenvalue weighted by atomic mass is 35.5. The second kappa shape index (κ2) is 9.54. The van der Waals surface area contributed by atoms with Crippen LogP contribution in [0.15, 0.2) is 66.1 Å². The van der Waals surface area contributed by atoms with E-state index in [-0.39, 0.29) is 11.7 Å². The molecule has 0 unspecified atom stereocenters. The first-order valence-corrected chi connectivity index (χ1v) is 11.4. The van der Waals surface area contributed by atoms with E-state index in [1.54, 1.807) is 18.5 Å². The number of amides is 1. The zero-order valence-corrected chi connectivity index (χ0v) is 19.5. The van der Waals surface area contributed by atoms with Gasteiger partial charge in [0.2, 0.25) is 5.91 Å². The second-order valence-corrected chi connectivity index (χ2v) is 8.80. The van der Waals surface area contributed by atoms with Crippen molar-refractivity contribution in [3.05, 3.63) is 82.6 Å². The Bertz CT molecular complexity index is 1270. The third kappa shape index (κ3) is 4.84. The lowest BCUT2D eigenvalue weighted by atomic mass is 10.1. The molecular weight excluding hydrogens is 442 g/mol. The number of hydrogen-bond acceptors (Lipinski definition) is 5. The summed E-state index contributed by atoms with van der Waals surface area (Å²) in [6.45, 7) is 6.07. The van der Waals surface area contributed by atoms with Gasteiger partial charge in [0.1, 0.15) is 0 Å². The van der Waals surface area contributed by atoms with E-state index in [4.69, 9.17) is 11.6 Å². The van der Waals surface area contributed by atoms with Crippen LogP contribution in [0.1, 0.15) is 16.7 Å². The number of thioether (sulfide) groups is 1. The lowest BCUT2D eigenvalue weighted by molar-refractivity contribution is -0.113. The van der Waals surface area contributed by atoms with Crippen molar-refractivity contribution >= 4 is 35.0 Å². The van der Waals surface area contributed by atoms with E-state index in [9.17, 15) is 4.79 Å². The van der Waals surface area contributed by atoms with Crippen molar-refractivity contribution in [1.29, 1.82) is 0 Å². The largest absolute Gasteiger partial charge is 0.325 e. The molecular formula is C24H22ClN5OS. The maximum absolute atomic E-state index is 12.6. The Labute approximate surface area is 196 Å². The van der Waals surface area contributed by atoms with Crippen molar-refractivity contribution in [2.24, 2.45) is 0 Å². The van der Waals surface area contributed by atoms with Crippen LogP contribution in [0.3, 0.4) is 0 Å². The lowest BCUT2D eigenvalue weighted by Gasteiger charge is -2.12. The minimum atomic E-state index is -0.144. The van der Waals surface area contributed by atoms with Gasteiger partial charge in [-0.2, -0.15) is 0 Å². The number of halogens is 1. The number of nitrogens with one attached hydrogen (secondary N) is 1. The molecule has 4 rings (SSSR count). The van der Waals surface area contributed by atoms with E-state index < -0.39 is 0 Å². The summed E-state index contributed by atoms with van der Waals surface area (Å²) < 4.78 is 1.97. The van der Waals surface area contributed by atoms with Crippen LogP contribution < -0.4 is 5.32 Å². The second-order valence-electron chi connectivity index (χ2n) is 7.45. The summed E-state index contributed by atoms with van der Waals surface area (Å²) in [7, 11) is 0. The molecule has 0 bridgehead atoms. The third-order valence-electron chi connectivity index (χ3n) is 5.11. The molecule has 0 aliphatic rings. The molecule has 8 heteroatoms. The molecule has 0 radical (unpaired) electrons. The Hall–Kier alpha value is -3.16. The van der Waals surface area contributed by atoms with Crippen molar-refractivity contribution in [2.45, 2.75) is 25.9 Å². The highest BCUT2D eigenvalue weighted by Crippen LogP contribution is 2.29. The number of aromatic nitrogens is 4. The molecule has 0 saturated heterocycles. The summed E-state index contributed by atoms with van der Waals surface area (Å²) in [4.78, 5) is 16.7. The smallest absolute Gasteiger partial charge is 0.234 e. The van der Waals surface area contributed by atoms with Crippen molar-refractivity contribution in [2.75, 3.05) is 11.1 Å².